The first kappa shape index (κ1) is 31.2. The predicted molar refractivity (Wildman–Crippen MR) is 211 cm³/mol. The zero-order chi connectivity index (χ0) is 33.7. The summed E-state index contributed by atoms with van der Waals surface area (Å²) in [7, 11) is 0. The van der Waals surface area contributed by atoms with Crippen LogP contribution in [0.25, 0.3) is 67.5 Å². The summed E-state index contributed by atoms with van der Waals surface area (Å²) in [6, 6.07) is 67.9. The van der Waals surface area contributed by atoms with Crippen molar-refractivity contribution in [2.24, 2.45) is 0 Å². The lowest BCUT2D eigenvalue weighted by Crippen LogP contribution is -2.01. The molecule has 0 aliphatic heterocycles. The third-order valence-electron chi connectivity index (χ3n) is 9.56. The van der Waals surface area contributed by atoms with Crippen LogP contribution in [-0.2, 0) is 6.42 Å². The van der Waals surface area contributed by atoms with Crippen molar-refractivity contribution in [3.05, 3.63) is 194 Å². The summed E-state index contributed by atoms with van der Waals surface area (Å²) in [5, 5.41) is 0. The van der Waals surface area contributed by atoms with E-state index in [1.54, 1.807) is 0 Å². The first-order valence-electron chi connectivity index (χ1n) is 17.7. The SMILES string of the molecule is CCCCc1cc(-c2ccc(-c3c(-c4ccccc4)cc(-c4ccccc4)n3-c3ccccc3)cc2)n(-c2ccccc2)c1-c1ccccc1. The van der Waals surface area contributed by atoms with Crippen LogP contribution in [0, 0.1) is 0 Å². The summed E-state index contributed by atoms with van der Waals surface area (Å²) in [5.41, 5.74) is 15.7. The molecule has 0 aliphatic carbocycles. The zero-order valence-electron chi connectivity index (χ0n) is 28.4. The van der Waals surface area contributed by atoms with Crippen LogP contribution in [0.1, 0.15) is 25.3 Å². The minimum Gasteiger partial charge on any atom is -0.309 e. The van der Waals surface area contributed by atoms with Crippen molar-refractivity contribution in [3.63, 3.8) is 0 Å². The average molecular weight is 645 g/mol. The Bertz CT molecular complexity index is 2300. The smallest absolute Gasteiger partial charge is 0.0613 e. The fourth-order valence-electron chi connectivity index (χ4n) is 7.19. The van der Waals surface area contributed by atoms with Crippen molar-refractivity contribution in [2.45, 2.75) is 26.2 Å². The number of aromatic nitrogens is 2. The molecule has 0 fully saturated rings. The van der Waals surface area contributed by atoms with Crippen molar-refractivity contribution >= 4 is 0 Å². The molecule has 0 atom stereocenters. The number of hydrogen-bond acceptors (Lipinski definition) is 0. The summed E-state index contributed by atoms with van der Waals surface area (Å²) < 4.78 is 4.89. The molecule has 0 N–H and O–H groups in total. The molecule has 0 aliphatic rings. The molecule has 2 nitrogen and oxygen atoms in total. The molecule has 6 aromatic carbocycles. The summed E-state index contributed by atoms with van der Waals surface area (Å²) >= 11 is 0. The normalized spacial score (nSPS) is 11.1. The molecule has 8 aromatic rings. The van der Waals surface area contributed by atoms with Gasteiger partial charge in [-0.3, -0.25) is 0 Å². The van der Waals surface area contributed by atoms with E-state index in [0.717, 1.165) is 24.9 Å². The first-order valence-corrected chi connectivity index (χ1v) is 17.7. The molecule has 2 heterocycles. The summed E-state index contributed by atoms with van der Waals surface area (Å²) in [6.45, 7) is 2.27. The van der Waals surface area contributed by atoms with Crippen LogP contribution in [-0.4, -0.2) is 9.13 Å². The lowest BCUT2D eigenvalue weighted by Gasteiger charge is -2.17. The maximum Gasteiger partial charge on any atom is 0.0613 e. The Labute approximate surface area is 295 Å². The summed E-state index contributed by atoms with van der Waals surface area (Å²) in [6.07, 6.45) is 3.35. The van der Waals surface area contributed by atoms with Crippen molar-refractivity contribution in [1.29, 1.82) is 0 Å². The minimum atomic E-state index is 1.04. The van der Waals surface area contributed by atoms with Crippen LogP contribution in [0.3, 0.4) is 0 Å². The van der Waals surface area contributed by atoms with Crippen LogP contribution >= 0.6 is 0 Å². The quantitative estimate of drug-likeness (QED) is 0.140. The van der Waals surface area contributed by atoms with Gasteiger partial charge in [0.05, 0.1) is 22.8 Å². The Balaban J connectivity index is 1.34. The predicted octanol–water partition coefficient (Wildman–Crippen LogP) is 12.9. The topological polar surface area (TPSA) is 9.86 Å². The fourth-order valence-corrected chi connectivity index (χ4v) is 7.19. The van der Waals surface area contributed by atoms with Crippen LogP contribution in [0.4, 0.5) is 0 Å². The maximum absolute atomic E-state index is 2.46. The monoisotopic (exact) mass is 644 g/mol. The molecule has 242 valence electrons. The fraction of sp³-hybridized carbons (Fsp3) is 0.0833. The van der Waals surface area contributed by atoms with Crippen LogP contribution < -0.4 is 0 Å². The van der Waals surface area contributed by atoms with Gasteiger partial charge in [-0.25, -0.2) is 0 Å². The number of rotatable bonds is 10. The van der Waals surface area contributed by atoms with E-state index in [1.807, 2.05) is 0 Å². The van der Waals surface area contributed by atoms with Gasteiger partial charge in [0.25, 0.3) is 0 Å². The zero-order valence-corrected chi connectivity index (χ0v) is 28.4. The van der Waals surface area contributed by atoms with Gasteiger partial charge in [0.1, 0.15) is 0 Å². The average Bonchev–Trinajstić information content (AvgIpc) is 3.79. The Morgan fingerprint density at radius 3 is 1.32 bits per heavy atom. The van der Waals surface area contributed by atoms with Crippen LogP contribution in [0.15, 0.2) is 188 Å². The van der Waals surface area contributed by atoms with Gasteiger partial charge in [0.15, 0.2) is 0 Å². The number of unbranched alkanes of at least 4 members (excludes halogenated alkanes) is 1. The van der Waals surface area contributed by atoms with E-state index in [0.29, 0.717) is 0 Å². The van der Waals surface area contributed by atoms with E-state index in [-0.39, 0.29) is 0 Å². The Hall–Kier alpha value is -6.12. The third-order valence-corrected chi connectivity index (χ3v) is 9.56. The molecule has 50 heavy (non-hydrogen) atoms. The van der Waals surface area contributed by atoms with E-state index in [4.69, 9.17) is 0 Å². The molecule has 0 bridgehead atoms. The maximum atomic E-state index is 2.46. The molecule has 0 radical (unpaired) electrons. The molecule has 2 aromatic heterocycles. The van der Waals surface area contributed by atoms with Gasteiger partial charge in [-0.05, 0) is 82.6 Å². The number of hydrogen-bond donors (Lipinski definition) is 0. The van der Waals surface area contributed by atoms with Crippen LogP contribution in [0.5, 0.6) is 0 Å². The second-order valence-electron chi connectivity index (χ2n) is 12.8. The van der Waals surface area contributed by atoms with Crippen molar-refractivity contribution < 1.29 is 0 Å². The summed E-state index contributed by atoms with van der Waals surface area (Å²) in [5.74, 6) is 0. The van der Waals surface area contributed by atoms with Crippen molar-refractivity contribution in [1.82, 2.24) is 9.13 Å². The Kier molecular flexibility index (Phi) is 8.83. The number of para-hydroxylation sites is 2. The van der Waals surface area contributed by atoms with Gasteiger partial charge in [0, 0.05) is 16.9 Å². The van der Waals surface area contributed by atoms with E-state index in [1.165, 1.54) is 67.4 Å². The number of aryl methyl sites for hydroxylation is 1. The molecule has 0 unspecified atom stereocenters. The second kappa shape index (κ2) is 14.2. The lowest BCUT2D eigenvalue weighted by atomic mass is 9.99. The largest absolute Gasteiger partial charge is 0.309 e. The van der Waals surface area contributed by atoms with Gasteiger partial charge >= 0.3 is 0 Å². The number of nitrogens with zero attached hydrogens (tertiary/aromatic N) is 2. The Morgan fingerprint density at radius 2 is 0.780 bits per heavy atom. The highest BCUT2D eigenvalue weighted by Crippen LogP contribution is 2.43. The highest BCUT2D eigenvalue weighted by atomic mass is 15.0. The molecule has 0 spiro atoms. The second-order valence-corrected chi connectivity index (χ2v) is 12.8. The minimum absolute atomic E-state index is 1.04. The highest BCUT2D eigenvalue weighted by Gasteiger charge is 2.22. The molecule has 8 rings (SSSR count). The molecule has 2 heteroatoms. The number of benzene rings is 6. The van der Waals surface area contributed by atoms with Crippen molar-refractivity contribution in [3.8, 4) is 67.5 Å². The molecule has 0 saturated carbocycles. The van der Waals surface area contributed by atoms with E-state index in [9.17, 15) is 0 Å². The van der Waals surface area contributed by atoms with Crippen LogP contribution in [0.2, 0.25) is 0 Å². The van der Waals surface area contributed by atoms with E-state index >= 15 is 0 Å². The van der Waals surface area contributed by atoms with Gasteiger partial charge in [0.2, 0.25) is 0 Å². The van der Waals surface area contributed by atoms with E-state index < -0.39 is 0 Å². The molecular formula is C48H40N2. The van der Waals surface area contributed by atoms with Crippen molar-refractivity contribution in [2.75, 3.05) is 0 Å². The van der Waals surface area contributed by atoms with Gasteiger partial charge in [-0.15, -0.1) is 0 Å². The van der Waals surface area contributed by atoms with Gasteiger partial charge in [-0.1, -0.05) is 165 Å². The highest BCUT2D eigenvalue weighted by molar-refractivity contribution is 5.89. The van der Waals surface area contributed by atoms with E-state index in [2.05, 4.69) is 204 Å². The molecular weight excluding hydrogens is 605 g/mol. The molecule has 0 amide bonds. The molecule has 0 saturated heterocycles. The Morgan fingerprint density at radius 1 is 0.380 bits per heavy atom. The third kappa shape index (κ3) is 6.01. The van der Waals surface area contributed by atoms with Gasteiger partial charge in [-0.2, -0.15) is 0 Å². The van der Waals surface area contributed by atoms with Gasteiger partial charge < -0.3 is 9.13 Å². The standard InChI is InChI=1S/C48H40N2/c1-2-3-19-41-34-45(49(42-26-15-7-16-27-42)47(41)39-24-13-6-14-25-39)38-30-32-40(33-31-38)48-44(36-20-9-4-10-21-36)35-46(37-22-11-5-12-23-37)50(48)43-28-17-8-18-29-43/h4-18,20-35H,2-3,19H2,1H3. The first-order chi connectivity index (χ1) is 24.8. The lowest BCUT2D eigenvalue weighted by molar-refractivity contribution is 0.796. The summed E-state index contributed by atoms with van der Waals surface area (Å²) in [4.78, 5) is 0.